The molecule has 1 aliphatic heterocycles. The van der Waals surface area contributed by atoms with E-state index in [1.165, 1.54) is 12.8 Å². The summed E-state index contributed by atoms with van der Waals surface area (Å²) < 4.78 is 5.39. The molecule has 0 saturated carbocycles. The molecule has 1 heterocycles. The summed E-state index contributed by atoms with van der Waals surface area (Å²) in [5.74, 6) is 0.841. The van der Waals surface area contributed by atoms with Gasteiger partial charge in [0.1, 0.15) is 5.75 Å². The Labute approximate surface area is 138 Å². The van der Waals surface area contributed by atoms with Crippen molar-refractivity contribution in [3.63, 3.8) is 0 Å². The van der Waals surface area contributed by atoms with Crippen LogP contribution in [0, 0.1) is 0 Å². The van der Waals surface area contributed by atoms with Gasteiger partial charge in [-0.15, -0.1) is 0 Å². The van der Waals surface area contributed by atoms with E-state index in [0.29, 0.717) is 19.1 Å². The number of amides is 1. The van der Waals surface area contributed by atoms with Crippen LogP contribution in [0.15, 0.2) is 24.3 Å². The van der Waals surface area contributed by atoms with Gasteiger partial charge in [0, 0.05) is 31.3 Å². The van der Waals surface area contributed by atoms with Gasteiger partial charge in [0.2, 0.25) is 5.91 Å². The summed E-state index contributed by atoms with van der Waals surface area (Å²) in [5.41, 5.74) is 0.795. The second-order valence-electron chi connectivity index (χ2n) is 5.95. The molecule has 1 saturated heterocycles. The summed E-state index contributed by atoms with van der Waals surface area (Å²) in [4.78, 5) is 14.5. The number of carbonyl (C=O) groups is 1. The van der Waals surface area contributed by atoms with Crippen LogP contribution in [-0.2, 0) is 4.79 Å². The Morgan fingerprint density at radius 1 is 1.35 bits per heavy atom. The van der Waals surface area contributed by atoms with E-state index in [0.717, 1.165) is 37.4 Å². The highest BCUT2D eigenvalue weighted by molar-refractivity contribution is 5.90. The smallest absolute Gasteiger partial charge is 0.225 e. The summed E-state index contributed by atoms with van der Waals surface area (Å²) in [7, 11) is 0. The van der Waals surface area contributed by atoms with E-state index in [-0.39, 0.29) is 12.5 Å². The molecule has 1 unspecified atom stereocenters. The van der Waals surface area contributed by atoms with E-state index in [4.69, 9.17) is 9.84 Å². The number of hydrogen-bond donors (Lipinski definition) is 2. The first-order valence-electron chi connectivity index (χ1n) is 8.60. The van der Waals surface area contributed by atoms with Crippen molar-refractivity contribution >= 4 is 11.6 Å². The third-order valence-electron chi connectivity index (χ3n) is 4.29. The zero-order valence-corrected chi connectivity index (χ0v) is 14.0. The van der Waals surface area contributed by atoms with E-state index in [9.17, 15) is 4.79 Å². The number of rotatable bonds is 8. The van der Waals surface area contributed by atoms with E-state index in [2.05, 4.69) is 10.2 Å². The zero-order chi connectivity index (χ0) is 16.5. The van der Waals surface area contributed by atoms with E-state index < -0.39 is 0 Å². The standard InChI is InChI=1S/C18H28N2O3/c1-2-23-17-8-6-15(7-9-17)19-18(22)10-13-20-12-4-3-5-16(20)11-14-21/h6-9,16,21H,2-5,10-14H2,1H3,(H,19,22). The maximum Gasteiger partial charge on any atom is 0.225 e. The Morgan fingerprint density at radius 2 is 2.13 bits per heavy atom. The van der Waals surface area contributed by atoms with Crippen LogP contribution in [0.5, 0.6) is 5.75 Å². The maximum atomic E-state index is 12.1. The van der Waals surface area contributed by atoms with Crippen molar-refractivity contribution in [2.24, 2.45) is 0 Å². The van der Waals surface area contributed by atoms with Crippen molar-refractivity contribution in [1.29, 1.82) is 0 Å². The van der Waals surface area contributed by atoms with Gasteiger partial charge in [0.25, 0.3) is 0 Å². The lowest BCUT2D eigenvalue weighted by Crippen LogP contribution is -2.41. The molecule has 1 aliphatic rings. The van der Waals surface area contributed by atoms with Crippen molar-refractivity contribution in [3.8, 4) is 5.75 Å². The molecule has 0 spiro atoms. The molecule has 1 aromatic carbocycles. The molecular formula is C18H28N2O3. The van der Waals surface area contributed by atoms with Crippen LogP contribution >= 0.6 is 0 Å². The van der Waals surface area contributed by atoms with Crippen LogP contribution < -0.4 is 10.1 Å². The Morgan fingerprint density at radius 3 is 2.83 bits per heavy atom. The van der Waals surface area contributed by atoms with Gasteiger partial charge in [-0.25, -0.2) is 0 Å². The Balaban J connectivity index is 1.77. The molecule has 128 valence electrons. The second kappa shape index (κ2) is 9.53. The minimum Gasteiger partial charge on any atom is -0.494 e. The maximum absolute atomic E-state index is 12.1. The minimum absolute atomic E-state index is 0.0301. The van der Waals surface area contributed by atoms with Crippen LogP contribution in [0.2, 0.25) is 0 Å². The molecule has 0 bridgehead atoms. The van der Waals surface area contributed by atoms with E-state index in [1.807, 2.05) is 31.2 Å². The summed E-state index contributed by atoms with van der Waals surface area (Å²) in [6, 6.07) is 7.87. The first-order valence-corrected chi connectivity index (χ1v) is 8.60. The number of ether oxygens (including phenoxy) is 1. The van der Waals surface area contributed by atoms with Gasteiger partial charge in [-0.05, 0) is 57.0 Å². The van der Waals surface area contributed by atoms with Crippen LogP contribution in [0.1, 0.15) is 39.0 Å². The number of nitrogens with one attached hydrogen (secondary N) is 1. The average Bonchev–Trinajstić information content (AvgIpc) is 2.56. The normalized spacial score (nSPS) is 18.6. The number of piperidine rings is 1. The molecule has 1 amide bonds. The molecule has 23 heavy (non-hydrogen) atoms. The average molecular weight is 320 g/mol. The lowest BCUT2D eigenvalue weighted by Gasteiger charge is -2.35. The lowest BCUT2D eigenvalue weighted by molar-refractivity contribution is -0.116. The van der Waals surface area contributed by atoms with Crippen LogP contribution in [0.3, 0.4) is 0 Å². The van der Waals surface area contributed by atoms with Crippen molar-refractivity contribution in [3.05, 3.63) is 24.3 Å². The van der Waals surface area contributed by atoms with Crippen molar-refractivity contribution < 1.29 is 14.6 Å². The highest BCUT2D eigenvalue weighted by Crippen LogP contribution is 2.20. The predicted octanol–water partition coefficient (Wildman–Crippen LogP) is 2.65. The SMILES string of the molecule is CCOc1ccc(NC(=O)CCN2CCCCC2CCO)cc1. The lowest BCUT2D eigenvalue weighted by atomic mass is 9.99. The molecule has 5 heteroatoms. The number of likely N-dealkylation sites (tertiary alicyclic amines) is 1. The number of nitrogens with zero attached hydrogens (tertiary/aromatic N) is 1. The van der Waals surface area contributed by atoms with Gasteiger partial charge < -0.3 is 15.2 Å². The molecule has 0 aliphatic carbocycles. The van der Waals surface area contributed by atoms with Crippen LogP contribution in [0.25, 0.3) is 0 Å². The molecule has 2 rings (SSSR count). The third-order valence-corrected chi connectivity index (χ3v) is 4.29. The van der Waals surface area contributed by atoms with Crippen molar-refractivity contribution in [2.45, 2.75) is 45.1 Å². The second-order valence-corrected chi connectivity index (χ2v) is 5.95. The quantitative estimate of drug-likeness (QED) is 0.773. The third kappa shape index (κ3) is 5.84. The van der Waals surface area contributed by atoms with Crippen molar-refractivity contribution in [1.82, 2.24) is 4.90 Å². The van der Waals surface area contributed by atoms with E-state index in [1.54, 1.807) is 0 Å². The summed E-state index contributed by atoms with van der Waals surface area (Å²) in [5, 5.41) is 12.1. The molecule has 0 radical (unpaired) electrons. The van der Waals surface area contributed by atoms with E-state index >= 15 is 0 Å². The van der Waals surface area contributed by atoms with Gasteiger partial charge in [-0.3, -0.25) is 9.69 Å². The zero-order valence-electron chi connectivity index (χ0n) is 14.0. The number of carbonyl (C=O) groups excluding carboxylic acids is 1. The topological polar surface area (TPSA) is 61.8 Å². The predicted molar refractivity (Wildman–Crippen MR) is 91.8 cm³/mol. The fourth-order valence-electron chi connectivity index (χ4n) is 3.10. The van der Waals surface area contributed by atoms with Crippen LogP contribution in [-0.4, -0.2) is 48.3 Å². The van der Waals surface area contributed by atoms with Gasteiger partial charge in [0.15, 0.2) is 0 Å². The molecule has 5 nitrogen and oxygen atoms in total. The highest BCUT2D eigenvalue weighted by Gasteiger charge is 2.22. The highest BCUT2D eigenvalue weighted by atomic mass is 16.5. The monoisotopic (exact) mass is 320 g/mol. The first-order chi connectivity index (χ1) is 11.2. The number of hydrogen-bond acceptors (Lipinski definition) is 4. The summed E-state index contributed by atoms with van der Waals surface area (Å²) >= 11 is 0. The number of aliphatic hydroxyl groups is 1. The van der Waals surface area contributed by atoms with Crippen LogP contribution in [0.4, 0.5) is 5.69 Å². The molecule has 1 aromatic rings. The Bertz CT molecular complexity index is 474. The summed E-state index contributed by atoms with van der Waals surface area (Å²) in [6.45, 7) is 4.59. The molecule has 1 fully saturated rings. The molecule has 0 aromatic heterocycles. The Kier molecular flexibility index (Phi) is 7.36. The first kappa shape index (κ1) is 17.8. The largest absolute Gasteiger partial charge is 0.494 e. The van der Waals surface area contributed by atoms with Gasteiger partial charge in [-0.2, -0.15) is 0 Å². The fraction of sp³-hybridized carbons (Fsp3) is 0.611. The molecular weight excluding hydrogens is 292 g/mol. The Hall–Kier alpha value is -1.59. The van der Waals surface area contributed by atoms with Gasteiger partial charge >= 0.3 is 0 Å². The molecule has 1 atom stereocenters. The summed E-state index contributed by atoms with van der Waals surface area (Å²) in [6.07, 6.45) is 4.82. The fourth-order valence-corrected chi connectivity index (χ4v) is 3.10. The molecule has 2 N–H and O–H groups in total. The minimum atomic E-state index is 0.0301. The number of anilines is 1. The van der Waals surface area contributed by atoms with Gasteiger partial charge in [-0.1, -0.05) is 6.42 Å². The van der Waals surface area contributed by atoms with Gasteiger partial charge in [0.05, 0.1) is 6.61 Å². The number of benzene rings is 1. The number of aliphatic hydroxyl groups excluding tert-OH is 1. The van der Waals surface area contributed by atoms with Crippen molar-refractivity contribution in [2.75, 3.05) is 31.6 Å².